The van der Waals surface area contributed by atoms with Gasteiger partial charge in [0.25, 0.3) is 0 Å². The van der Waals surface area contributed by atoms with E-state index in [-0.39, 0.29) is 0 Å². The summed E-state index contributed by atoms with van der Waals surface area (Å²) in [5.41, 5.74) is 1.23. The first-order valence-corrected chi connectivity index (χ1v) is 6.79. The lowest BCUT2D eigenvalue weighted by Gasteiger charge is -2.17. The molecule has 110 valence electrons. The Morgan fingerprint density at radius 3 is 2.35 bits per heavy atom. The van der Waals surface area contributed by atoms with Crippen LogP contribution in [0.1, 0.15) is 25.7 Å². The molecule has 0 amide bonds. The molecule has 1 aliphatic carbocycles. The summed E-state index contributed by atoms with van der Waals surface area (Å²) in [6.45, 7) is 3.69. The highest BCUT2D eigenvalue weighted by molar-refractivity contribution is 5.95. The topological polar surface area (TPSA) is 52.6 Å². The second-order valence-corrected chi connectivity index (χ2v) is 4.72. The normalized spacial score (nSPS) is 16.6. The average Bonchev–Trinajstić information content (AvgIpc) is 2.51. The Hall–Kier alpha value is -1.84. The number of hydrogen-bond donors (Lipinski definition) is 0. The van der Waals surface area contributed by atoms with Gasteiger partial charge < -0.3 is 9.47 Å². The number of carbonyl (C=O) groups is 2. The van der Waals surface area contributed by atoms with Crippen molar-refractivity contribution in [2.75, 3.05) is 14.2 Å². The van der Waals surface area contributed by atoms with Crippen LogP contribution in [0.15, 0.2) is 36.5 Å². The highest BCUT2D eigenvalue weighted by atomic mass is 16.5. The molecule has 0 aromatic heterocycles. The van der Waals surface area contributed by atoms with Crippen LogP contribution in [0.5, 0.6) is 0 Å². The number of ether oxygens (including phenoxy) is 2. The Morgan fingerprint density at radius 2 is 1.90 bits per heavy atom. The number of methoxy groups -OCH3 is 2. The molecule has 4 heteroatoms. The lowest BCUT2D eigenvalue weighted by atomic mass is 9.90. The zero-order valence-corrected chi connectivity index (χ0v) is 12.1. The first kappa shape index (κ1) is 16.2. The first-order chi connectivity index (χ1) is 9.63. The van der Waals surface area contributed by atoms with Gasteiger partial charge in [-0.15, -0.1) is 6.58 Å². The molecule has 0 spiro atoms. The van der Waals surface area contributed by atoms with Crippen molar-refractivity contribution < 1.29 is 19.1 Å². The van der Waals surface area contributed by atoms with Crippen LogP contribution in [0, 0.1) is 11.8 Å². The lowest BCUT2D eigenvalue weighted by Crippen LogP contribution is -2.31. The quantitative estimate of drug-likeness (QED) is 0.426. The molecule has 20 heavy (non-hydrogen) atoms. The molecule has 0 saturated carbocycles. The van der Waals surface area contributed by atoms with Crippen LogP contribution in [-0.2, 0) is 19.1 Å². The number of hydrogen-bond acceptors (Lipinski definition) is 4. The van der Waals surface area contributed by atoms with Gasteiger partial charge in [-0.05, 0) is 25.7 Å². The maximum atomic E-state index is 11.7. The molecule has 1 aliphatic rings. The third kappa shape index (κ3) is 4.37. The van der Waals surface area contributed by atoms with E-state index < -0.39 is 23.8 Å². The maximum Gasteiger partial charge on any atom is 0.320 e. The summed E-state index contributed by atoms with van der Waals surface area (Å²) in [6.07, 6.45) is 12.0. The standard InChI is InChI=1S/C16H22O4/c1-4-13(11-10-12-8-6-5-7-9-12)14(15(17)19-2)16(18)20-3/h4,8,10-11,13-14H,1,5-7,9H2,2-3H3/b11-10+/t13-/m1/s1. The number of rotatable bonds is 6. The van der Waals surface area contributed by atoms with Crippen molar-refractivity contribution in [3.05, 3.63) is 36.5 Å². The minimum Gasteiger partial charge on any atom is -0.468 e. The summed E-state index contributed by atoms with van der Waals surface area (Å²) in [4.78, 5) is 23.5. The van der Waals surface area contributed by atoms with E-state index in [1.165, 1.54) is 32.6 Å². The van der Waals surface area contributed by atoms with Gasteiger partial charge >= 0.3 is 11.9 Å². The van der Waals surface area contributed by atoms with Gasteiger partial charge in [-0.1, -0.05) is 29.9 Å². The molecule has 1 rings (SSSR count). The molecule has 0 N–H and O–H groups in total. The molecule has 0 heterocycles. The van der Waals surface area contributed by atoms with E-state index in [9.17, 15) is 9.59 Å². The molecule has 0 aromatic carbocycles. The van der Waals surface area contributed by atoms with Crippen molar-refractivity contribution >= 4 is 11.9 Å². The second-order valence-electron chi connectivity index (χ2n) is 4.72. The zero-order chi connectivity index (χ0) is 15.0. The fraction of sp³-hybridized carbons (Fsp3) is 0.500. The number of allylic oxidation sites excluding steroid dienone is 5. The van der Waals surface area contributed by atoms with Crippen LogP contribution in [0.4, 0.5) is 0 Å². The Labute approximate surface area is 120 Å². The van der Waals surface area contributed by atoms with Crippen LogP contribution in [0.25, 0.3) is 0 Å². The van der Waals surface area contributed by atoms with Gasteiger partial charge in [0.2, 0.25) is 0 Å². The molecule has 0 unspecified atom stereocenters. The Morgan fingerprint density at radius 1 is 1.25 bits per heavy atom. The predicted octanol–water partition coefficient (Wildman–Crippen LogP) is 2.81. The van der Waals surface area contributed by atoms with E-state index in [0.717, 1.165) is 12.8 Å². The molecule has 0 bridgehead atoms. The van der Waals surface area contributed by atoms with E-state index in [1.807, 2.05) is 12.2 Å². The van der Waals surface area contributed by atoms with Crippen molar-refractivity contribution in [2.24, 2.45) is 11.8 Å². The van der Waals surface area contributed by atoms with Crippen LogP contribution >= 0.6 is 0 Å². The van der Waals surface area contributed by atoms with E-state index >= 15 is 0 Å². The van der Waals surface area contributed by atoms with Crippen molar-refractivity contribution in [1.29, 1.82) is 0 Å². The molecule has 0 aromatic rings. The third-order valence-electron chi connectivity index (χ3n) is 3.43. The average molecular weight is 278 g/mol. The van der Waals surface area contributed by atoms with Gasteiger partial charge in [0.1, 0.15) is 0 Å². The minimum absolute atomic E-state index is 0.433. The largest absolute Gasteiger partial charge is 0.468 e. The van der Waals surface area contributed by atoms with Crippen molar-refractivity contribution in [3.63, 3.8) is 0 Å². The van der Waals surface area contributed by atoms with E-state index in [4.69, 9.17) is 0 Å². The van der Waals surface area contributed by atoms with Crippen molar-refractivity contribution in [1.82, 2.24) is 0 Å². The summed E-state index contributed by atoms with van der Waals surface area (Å²) in [5.74, 6) is -2.64. The lowest BCUT2D eigenvalue weighted by molar-refractivity contribution is -0.159. The van der Waals surface area contributed by atoms with Gasteiger partial charge in [-0.25, -0.2) is 0 Å². The summed E-state index contributed by atoms with van der Waals surface area (Å²) in [6, 6.07) is 0. The minimum atomic E-state index is -0.997. The summed E-state index contributed by atoms with van der Waals surface area (Å²) in [7, 11) is 2.51. The fourth-order valence-corrected chi connectivity index (χ4v) is 2.24. The van der Waals surface area contributed by atoms with Gasteiger partial charge in [0, 0.05) is 5.92 Å². The number of esters is 2. The van der Waals surface area contributed by atoms with Crippen LogP contribution in [0.3, 0.4) is 0 Å². The van der Waals surface area contributed by atoms with Gasteiger partial charge in [0.05, 0.1) is 14.2 Å². The molecular formula is C16H22O4. The van der Waals surface area contributed by atoms with E-state index in [2.05, 4.69) is 22.1 Å². The van der Waals surface area contributed by atoms with E-state index in [1.54, 1.807) is 6.08 Å². The van der Waals surface area contributed by atoms with Crippen LogP contribution < -0.4 is 0 Å². The number of carbonyl (C=O) groups excluding carboxylic acids is 2. The summed E-state index contributed by atoms with van der Waals surface area (Å²) >= 11 is 0. The summed E-state index contributed by atoms with van der Waals surface area (Å²) < 4.78 is 9.35. The Kier molecular flexibility index (Phi) is 6.77. The van der Waals surface area contributed by atoms with E-state index in [0.29, 0.717) is 0 Å². The molecule has 0 radical (unpaired) electrons. The molecule has 1 atom stereocenters. The second kappa shape index (κ2) is 8.35. The van der Waals surface area contributed by atoms with Crippen LogP contribution in [-0.4, -0.2) is 26.2 Å². The van der Waals surface area contributed by atoms with Crippen molar-refractivity contribution in [3.8, 4) is 0 Å². The fourth-order valence-electron chi connectivity index (χ4n) is 2.24. The van der Waals surface area contributed by atoms with Gasteiger partial charge in [-0.2, -0.15) is 0 Å². The van der Waals surface area contributed by atoms with Gasteiger partial charge in [-0.3, -0.25) is 9.59 Å². The Bertz CT molecular complexity index is 404. The monoisotopic (exact) mass is 278 g/mol. The molecule has 0 aliphatic heterocycles. The summed E-state index contributed by atoms with van der Waals surface area (Å²) in [5, 5.41) is 0. The zero-order valence-electron chi connectivity index (χ0n) is 12.1. The highest BCUT2D eigenvalue weighted by Gasteiger charge is 2.33. The first-order valence-electron chi connectivity index (χ1n) is 6.79. The van der Waals surface area contributed by atoms with Crippen LogP contribution in [0.2, 0.25) is 0 Å². The molecular weight excluding hydrogens is 256 g/mol. The smallest absolute Gasteiger partial charge is 0.320 e. The SMILES string of the molecule is C=C[C@H](/C=C/C1=CCCCC1)C(C(=O)OC)C(=O)OC. The van der Waals surface area contributed by atoms with Gasteiger partial charge in [0.15, 0.2) is 5.92 Å². The maximum absolute atomic E-state index is 11.7. The molecule has 4 nitrogen and oxygen atoms in total. The molecule has 0 fully saturated rings. The highest BCUT2D eigenvalue weighted by Crippen LogP contribution is 2.22. The van der Waals surface area contributed by atoms with Crippen molar-refractivity contribution in [2.45, 2.75) is 25.7 Å². The predicted molar refractivity (Wildman–Crippen MR) is 76.9 cm³/mol. The Balaban J connectivity index is 2.87. The third-order valence-corrected chi connectivity index (χ3v) is 3.43. The molecule has 0 saturated heterocycles.